The van der Waals surface area contributed by atoms with Gasteiger partial charge in [0.2, 0.25) is 0 Å². The van der Waals surface area contributed by atoms with Crippen LogP contribution in [0, 0.1) is 0 Å². The molecular formula is C13H17NO3. The molecule has 0 spiro atoms. The van der Waals surface area contributed by atoms with Crippen LogP contribution in [0.15, 0.2) is 23.4 Å². The Labute approximate surface area is 101 Å². The van der Waals surface area contributed by atoms with Crippen molar-refractivity contribution in [1.29, 1.82) is 0 Å². The van der Waals surface area contributed by atoms with E-state index < -0.39 is 0 Å². The van der Waals surface area contributed by atoms with Crippen molar-refractivity contribution < 1.29 is 15.1 Å². The van der Waals surface area contributed by atoms with Crippen molar-refractivity contribution in [2.45, 2.75) is 25.7 Å². The third-order valence-electron chi connectivity index (χ3n) is 2.94. The van der Waals surface area contributed by atoms with Gasteiger partial charge in [-0.25, -0.2) is 0 Å². The number of aryl methyl sites for hydroxylation is 1. The minimum absolute atomic E-state index is 0.133. The molecule has 0 radical (unpaired) electrons. The van der Waals surface area contributed by atoms with Gasteiger partial charge in [-0.15, -0.1) is 0 Å². The number of aliphatic hydroxyl groups excluding tert-OH is 1. The number of nitrogens with zero attached hydrogens (tertiary/aromatic N) is 1. The van der Waals surface area contributed by atoms with Gasteiger partial charge in [0.25, 0.3) is 0 Å². The Kier molecular flexibility index (Phi) is 3.98. The van der Waals surface area contributed by atoms with Crippen LogP contribution in [-0.2, 0) is 6.42 Å². The normalized spacial score (nSPS) is 16.9. The van der Waals surface area contributed by atoms with Crippen molar-refractivity contribution in [3.63, 3.8) is 0 Å². The van der Waals surface area contributed by atoms with Crippen LogP contribution in [0.3, 0.4) is 0 Å². The third-order valence-corrected chi connectivity index (χ3v) is 2.94. The first-order valence-corrected chi connectivity index (χ1v) is 5.93. The zero-order chi connectivity index (χ0) is 12.1. The molecular weight excluding hydrogens is 218 g/mol. The lowest BCUT2D eigenvalue weighted by Gasteiger charge is -2.17. The van der Waals surface area contributed by atoms with E-state index in [1.54, 1.807) is 0 Å². The van der Waals surface area contributed by atoms with Crippen molar-refractivity contribution >= 4 is 5.71 Å². The topological polar surface area (TPSA) is 62.0 Å². The molecule has 0 saturated heterocycles. The maximum Gasteiger partial charge on any atom is 0.119 e. The molecule has 0 aromatic heterocycles. The van der Waals surface area contributed by atoms with Gasteiger partial charge in [0.05, 0.1) is 12.3 Å². The van der Waals surface area contributed by atoms with E-state index in [-0.39, 0.29) is 6.61 Å². The molecule has 1 aromatic carbocycles. The van der Waals surface area contributed by atoms with Crippen molar-refractivity contribution in [1.82, 2.24) is 0 Å². The number of oxime groups is 1. The molecule has 0 bridgehead atoms. The van der Waals surface area contributed by atoms with Crippen LogP contribution < -0.4 is 4.74 Å². The molecule has 2 rings (SSSR count). The first kappa shape index (κ1) is 11.9. The molecule has 1 aromatic rings. The van der Waals surface area contributed by atoms with E-state index in [1.807, 2.05) is 18.2 Å². The van der Waals surface area contributed by atoms with E-state index >= 15 is 0 Å². The number of hydrogen-bond acceptors (Lipinski definition) is 4. The summed E-state index contributed by atoms with van der Waals surface area (Å²) < 4.78 is 5.51. The smallest absolute Gasteiger partial charge is 0.119 e. The van der Waals surface area contributed by atoms with Crippen molar-refractivity contribution in [2.24, 2.45) is 5.16 Å². The Hall–Kier alpha value is -1.55. The SMILES string of the molecule is OCCCOc1ccc2c(c1)/C(=N\O)CCC2. The van der Waals surface area contributed by atoms with Crippen LogP contribution in [0.1, 0.15) is 30.4 Å². The van der Waals surface area contributed by atoms with Gasteiger partial charge in [-0.2, -0.15) is 0 Å². The summed E-state index contributed by atoms with van der Waals surface area (Å²) in [6.07, 6.45) is 3.48. The highest BCUT2D eigenvalue weighted by molar-refractivity contribution is 6.02. The van der Waals surface area contributed by atoms with Crippen LogP contribution in [0.5, 0.6) is 5.75 Å². The molecule has 0 saturated carbocycles. The van der Waals surface area contributed by atoms with Gasteiger partial charge in [-0.05, 0) is 37.0 Å². The van der Waals surface area contributed by atoms with E-state index in [0.29, 0.717) is 13.0 Å². The quantitative estimate of drug-likeness (QED) is 0.476. The second-order valence-electron chi connectivity index (χ2n) is 4.14. The largest absolute Gasteiger partial charge is 0.493 e. The molecule has 0 amide bonds. The number of fused-ring (bicyclic) bond motifs is 1. The number of ether oxygens (including phenoxy) is 1. The van der Waals surface area contributed by atoms with Crippen LogP contribution in [0.4, 0.5) is 0 Å². The van der Waals surface area contributed by atoms with Gasteiger partial charge in [0, 0.05) is 18.6 Å². The first-order valence-electron chi connectivity index (χ1n) is 5.93. The van der Waals surface area contributed by atoms with Gasteiger partial charge < -0.3 is 15.1 Å². The zero-order valence-electron chi connectivity index (χ0n) is 9.72. The Morgan fingerprint density at radius 3 is 2.94 bits per heavy atom. The number of rotatable bonds is 4. The number of hydrogen-bond donors (Lipinski definition) is 2. The van der Waals surface area contributed by atoms with Crippen molar-refractivity contribution in [2.75, 3.05) is 13.2 Å². The van der Waals surface area contributed by atoms with Gasteiger partial charge >= 0.3 is 0 Å². The van der Waals surface area contributed by atoms with Crippen molar-refractivity contribution in [3.05, 3.63) is 29.3 Å². The molecule has 0 heterocycles. The fourth-order valence-corrected chi connectivity index (χ4v) is 2.07. The van der Waals surface area contributed by atoms with Crippen molar-refractivity contribution in [3.8, 4) is 5.75 Å². The van der Waals surface area contributed by atoms with Crippen LogP contribution in [-0.4, -0.2) is 29.2 Å². The van der Waals surface area contributed by atoms with Crippen LogP contribution >= 0.6 is 0 Å². The van der Waals surface area contributed by atoms with Crippen LogP contribution in [0.25, 0.3) is 0 Å². The predicted octanol–water partition coefficient (Wildman–Crippen LogP) is 1.96. The summed E-state index contributed by atoms with van der Waals surface area (Å²) in [5.41, 5.74) is 2.93. The van der Waals surface area contributed by atoms with Gasteiger partial charge in [0.1, 0.15) is 5.75 Å². The lowest BCUT2D eigenvalue weighted by atomic mass is 9.90. The summed E-state index contributed by atoms with van der Waals surface area (Å²) in [6, 6.07) is 5.87. The lowest BCUT2D eigenvalue weighted by Crippen LogP contribution is -2.12. The second kappa shape index (κ2) is 5.68. The molecule has 0 fully saturated rings. The highest BCUT2D eigenvalue weighted by Crippen LogP contribution is 2.26. The number of aliphatic hydroxyl groups is 1. The molecule has 4 heteroatoms. The lowest BCUT2D eigenvalue weighted by molar-refractivity contribution is 0.233. The minimum Gasteiger partial charge on any atom is -0.493 e. The molecule has 2 N–H and O–H groups in total. The standard InChI is InChI=1S/C13H17NO3/c15-7-2-8-17-11-6-5-10-3-1-4-13(14-16)12(10)9-11/h5-6,9,15-16H,1-4,7-8H2/b14-13-. The average molecular weight is 235 g/mol. The maximum absolute atomic E-state index is 8.96. The summed E-state index contributed by atoms with van der Waals surface area (Å²) in [4.78, 5) is 0. The second-order valence-corrected chi connectivity index (χ2v) is 4.14. The Bertz CT molecular complexity index is 415. The van der Waals surface area contributed by atoms with E-state index in [2.05, 4.69) is 5.16 Å². The predicted molar refractivity (Wildman–Crippen MR) is 64.9 cm³/mol. The summed E-state index contributed by atoms with van der Waals surface area (Å²) in [7, 11) is 0. The van der Waals surface area contributed by atoms with Gasteiger partial charge in [-0.1, -0.05) is 11.2 Å². The monoisotopic (exact) mass is 235 g/mol. The van der Waals surface area contributed by atoms with E-state index in [9.17, 15) is 0 Å². The van der Waals surface area contributed by atoms with E-state index in [1.165, 1.54) is 5.56 Å². The minimum atomic E-state index is 0.133. The highest BCUT2D eigenvalue weighted by atomic mass is 16.5. The molecule has 4 nitrogen and oxygen atoms in total. The zero-order valence-corrected chi connectivity index (χ0v) is 9.72. The third kappa shape index (κ3) is 2.77. The van der Waals surface area contributed by atoms with Crippen LogP contribution in [0.2, 0.25) is 0 Å². The summed E-state index contributed by atoms with van der Waals surface area (Å²) in [5, 5.41) is 21.0. The summed E-state index contributed by atoms with van der Waals surface area (Å²) in [5.74, 6) is 0.764. The molecule has 0 aliphatic heterocycles. The Morgan fingerprint density at radius 1 is 1.29 bits per heavy atom. The van der Waals surface area contributed by atoms with E-state index in [0.717, 1.165) is 36.3 Å². The van der Waals surface area contributed by atoms with Gasteiger partial charge in [0.15, 0.2) is 0 Å². The average Bonchev–Trinajstić information content (AvgIpc) is 2.38. The Morgan fingerprint density at radius 2 is 2.18 bits per heavy atom. The molecule has 0 unspecified atom stereocenters. The fraction of sp³-hybridized carbons (Fsp3) is 0.462. The fourth-order valence-electron chi connectivity index (χ4n) is 2.07. The molecule has 1 aliphatic carbocycles. The molecule has 17 heavy (non-hydrogen) atoms. The Balaban J connectivity index is 2.16. The summed E-state index contributed by atoms with van der Waals surface area (Å²) >= 11 is 0. The van der Waals surface area contributed by atoms with Gasteiger partial charge in [-0.3, -0.25) is 0 Å². The number of benzene rings is 1. The first-order chi connectivity index (χ1) is 8.35. The molecule has 1 aliphatic rings. The molecule has 0 atom stereocenters. The highest BCUT2D eigenvalue weighted by Gasteiger charge is 2.16. The maximum atomic E-state index is 8.96. The molecule has 92 valence electrons. The summed E-state index contributed by atoms with van der Waals surface area (Å²) in [6.45, 7) is 0.634. The van der Waals surface area contributed by atoms with E-state index in [4.69, 9.17) is 15.1 Å².